The third-order valence-electron chi connectivity index (χ3n) is 4.34. The van der Waals surface area contributed by atoms with Gasteiger partial charge in [0.25, 0.3) is 0 Å². The number of rotatable bonds is 2. The van der Waals surface area contributed by atoms with Crippen LogP contribution in [0.25, 0.3) is 0 Å². The Morgan fingerprint density at radius 3 is 1.89 bits per heavy atom. The van der Waals surface area contributed by atoms with E-state index in [1.165, 1.54) is 25.7 Å². The van der Waals surface area contributed by atoms with Crippen LogP contribution in [0, 0.1) is 11.8 Å². The third-order valence-corrected chi connectivity index (χ3v) is 6.44. The fraction of sp³-hybridized carbons (Fsp3) is 0.571. The second kappa shape index (κ2) is 5.08. The average molecular weight is 300 g/mol. The third kappa shape index (κ3) is 2.67. The van der Waals surface area contributed by atoms with Crippen molar-refractivity contribution in [3.8, 4) is 0 Å². The van der Waals surface area contributed by atoms with E-state index in [1.54, 1.807) is 28.6 Å². The monoisotopic (exact) mass is 299 g/mol. The molecule has 3 nitrogen and oxygen atoms in total. The van der Waals surface area contributed by atoms with Gasteiger partial charge in [0.1, 0.15) is 0 Å². The van der Waals surface area contributed by atoms with Crippen molar-refractivity contribution in [3.63, 3.8) is 0 Å². The Morgan fingerprint density at radius 2 is 1.42 bits per heavy atom. The zero-order valence-corrected chi connectivity index (χ0v) is 12.3. The molecule has 1 saturated carbocycles. The largest absolute Gasteiger partial charge is 0.243 e. The molecule has 0 radical (unpaired) electrons. The van der Waals surface area contributed by atoms with Crippen LogP contribution in [0.5, 0.6) is 0 Å². The predicted octanol–water partition coefficient (Wildman–Crippen LogP) is 3.15. The van der Waals surface area contributed by atoms with Crippen LogP contribution in [-0.2, 0) is 10.0 Å². The minimum Gasteiger partial charge on any atom is -0.207 e. The number of hydrogen-bond acceptors (Lipinski definition) is 2. The van der Waals surface area contributed by atoms with Crippen LogP contribution in [0.3, 0.4) is 0 Å². The highest BCUT2D eigenvalue weighted by Crippen LogP contribution is 2.36. The SMILES string of the molecule is O=S(=O)(c1ccc(Cl)cc1)N1CC2CCC(CC2)C1. The van der Waals surface area contributed by atoms with Gasteiger partial charge in [-0.3, -0.25) is 0 Å². The first-order valence-corrected chi connectivity index (χ1v) is 8.63. The number of nitrogens with zero attached hydrogens (tertiary/aromatic N) is 1. The molecule has 1 aliphatic carbocycles. The van der Waals surface area contributed by atoms with E-state index in [2.05, 4.69) is 0 Å². The minimum absolute atomic E-state index is 0.359. The topological polar surface area (TPSA) is 37.4 Å². The molecule has 2 bridgehead atoms. The lowest BCUT2D eigenvalue weighted by Gasteiger charge is -2.22. The zero-order valence-electron chi connectivity index (χ0n) is 10.8. The molecule has 3 aliphatic rings. The maximum absolute atomic E-state index is 12.7. The number of hydrogen-bond donors (Lipinski definition) is 0. The van der Waals surface area contributed by atoms with E-state index in [1.807, 2.05) is 0 Å². The number of halogens is 1. The number of sulfonamides is 1. The average Bonchev–Trinajstić information content (AvgIpc) is 2.73. The summed E-state index contributed by atoms with van der Waals surface area (Å²) in [5.74, 6) is 1.08. The van der Waals surface area contributed by atoms with Crippen molar-refractivity contribution in [2.24, 2.45) is 11.8 Å². The van der Waals surface area contributed by atoms with Gasteiger partial charge >= 0.3 is 0 Å². The lowest BCUT2D eigenvalue weighted by atomic mass is 9.84. The normalized spacial score (nSPS) is 28.3. The Bertz CT molecular complexity index is 533. The van der Waals surface area contributed by atoms with E-state index >= 15 is 0 Å². The summed E-state index contributed by atoms with van der Waals surface area (Å²) >= 11 is 5.82. The van der Waals surface area contributed by atoms with Crippen molar-refractivity contribution in [2.45, 2.75) is 30.6 Å². The molecule has 0 aromatic heterocycles. The van der Waals surface area contributed by atoms with Gasteiger partial charge in [-0.05, 0) is 61.8 Å². The molecule has 1 aromatic carbocycles. The first kappa shape index (κ1) is 13.4. The lowest BCUT2D eigenvalue weighted by molar-refractivity contribution is 0.326. The van der Waals surface area contributed by atoms with Crippen LogP contribution in [-0.4, -0.2) is 25.8 Å². The van der Waals surface area contributed by atoms with E-state index in [9.17, 15) is 8.42 Å². The van der Waals surface area contributed by atoms with Crippen molar-refractivity contribution in [2.75, 3.05) is 13.1 Å². The molecule has 1 aromatic rings. The van der Waals surface area contributed by atoms with Gasteiger partial charge in [-0.2, -0.15) is 4.31 Å². The van der Waals surface area contributed by atoms with Gasteiger partial charge in [0.05, 0.1) is 4.90 Å². The van der Waals surface area contributed by atoms with Crippen LogP contribution >= 0.6 is 11.6 Å². The molecule has 2 saturated heterocycles. The van der Waals surface area contributed by atoms with Gasteiger partial charge in [0.2, 0.25) is 10.0 Å². The quantitative estimate of drug-likeness (QED) is 0.841. The number of benzene rings is 1. The molecule has 0 spiro atoms. The lowest BCUT2D eigenvalue weighted by Crippen LogP contribution is -2.34. The summed E-state index contributed by atoms with van der Waals surface area (Å²) in [6.07, 6.45) is 4.71. The molecule has 2 aliphatic heterocycles. The van der Waals surface area contributed by atoms with Gasteiger partial charge in [0, 0.05) is 18.1 Å². The van der Waals surface area contributed by atoms with Gasteiger partial charge < -0.3 is 0 Å². The summed E-state index contributed by atoms with van der Waals surface area (Å²) < 4.78 is 27.0. The highest BCUT2D eigenvalue weighted by molar-refractivity contribution is 7.89. The molecule has 2 heterocycles. The fourth-order valence-electron chi connectivity index (χ4n) is 3.20. The maximum atomic E-state index is 12.7. The minimum atomic E-state index is -3.35. The van der Waals surface area contributed by atoms with Gasteiger partial charge in [-0.25, -0.2) is 8.42 Å². The smallest absolute Gasteiger partial charge is 0.207 e. The summed E-state index contributed by atoms with van der Waals surface area (Å²) in [5, 5.41) is 0.565. The van der Waals surface area contributed by atoms with Crippen molar-refractivity contribution in [3.05, 3.63) is 29.3 Å². The molecule has 0 atom stereocenters. The van der Waals surface area contributed by atoms with Crippen molar-refractivity contribution in [1.82, 2.24) is 4.31 Å². The van der Waals surface area contributed by atoms with E-state index in [0.717, 1.165) is 0 Å². The van der Waals surface area contributed by atoms with Gasteiger partial charge in [0.15, 0.2) is 0 Å². The van der Waals surface area contributed by atoms with Crippen molar-refractivity contribution >= 4 is 21.6 Å². The molecule has 0 N–H and O–H groups in total. The van der Waals surface area contributed by atoms with E-state index < -0.39 is 10.0 Å². The van der Waals surface area contributed by atoms with Crippen LogP contribution < -0.4 is 0 Å². The summed E-state index contributed by atoms with van der Waals surface area (Å²) in [5.41, 5.74) is 0. The highest BCUT2D eigenvalue weighted by atomic mass is 35.5. The molecule has 0 unspecified atom stereocenters. The summed E-state index contributed by atoms with van der Waals surface area (Å²) in [4.78, 5) is 0.359. The zero-order chi connectivity index (χ0) is 13.5. The molecular formula is C14H18ClNO2S. The standard InChI is InChI=1S/C14H18ClNO2S/c15-13-5-7-14(8-6-13)19(17,18)16-9-11-1-2-12(10-16)4-3-11/h5-8,11-12H,1-4,9-10H2. The molecule has 19 heavy (non-hydrogen) atoms. The highest BCUT2D eigenvalue weighted by Gasteiger charge is 2.35. The first-order chi connectivity index (χ1) is 9.05. The predicted molar refractivity (Wildman–Crippen MR) is 75.7 cm³/mol. The van der Waals surface area contributed by atoms with E-state index in [0.29, 0.717) is 34.8 Å². The fourth-order valence-corrected chi connectivity index (χ4v) is 4.92. The Hall–Kier alpha value is -0.580. The second-order valence-corrected chi connectivity index (χ2v) is 8.04. The maximum Gasteiger partial charge on any atom is 0.243 e. The summed E-state index contributed by atoms with van der Waals surface area (Å²) in [7, 11) is -3.35. The van der Waals surface area contributed by atoms with Crippen LogP contribution in [0.2, 0.25) is 5.02 Å². The molecular weight excluding hydrogens is 282 g/mol. The molecule has 104 valence electrons. The van der Waals surface area contributed by atoms with Crippen molar-refractivity contribution < 1.29 is 8.42 Å². The van der Waals surface area contributed by atoms with Crippen molar-refractivity contribution in [1.29, 1.82) is 0 Å². The van der Waals surface area contributed by atoms with Gasteiger partial charge in [-0.15, -0.1) is 0 Å². The Labute approximate surface area is 119 Å². The van der Waals surface area contributed by atoms with E-state index in [4.69, 9.17) is 11.6 Å². The van der Waals surface area contributed by atoms with E-state index in [-0.39, 0.29) is 0 Å². The molecule has 4 rings (SSSR count). The second-order valence-electron chi connectivity index (χ2n) is 5.66. The number of fused-ring (bicyclic) bond motifs is 4. The molecule has 0 amide bonds. The van der Waals surface area contributed by atoms with Crippen LogP contribution in [0.4, 0.5) is 0 Å². The molecule has 5 heteroatoms. The van der Waals surface area contributed by atoms with Gasteiger partial charge in [-0.1, -0.05) is 11.6 Å². The molecule has 3 fully saturated rings. The summed E-state index contributed by atoms with van der Waals surface area (Å²) in [6.45, 7) is 1.36. The Kier molecular flexibility index (Phi) is 3.58. The Morgan fingerprint density at radius 1 is 0.947 bits per heavy atom. The van der Waals surface area contributed by atoms with Crippen LogP contribution in [0.15, 0.2) is 29.2 Å². The first-order valence-electron chi connectivity index (χ1n) is 6.81. The Balaban J connectivity index is 1.89. The van der Waals surface area contributed by atoms with Crippen LogP contribution in [0.1, 0.15) is 25.7 Å². The summed E-state index contributed by atoms with van der Waals surface area (Å²) in [6, 6.07) is 6.48.